The second-order valence-corrected chi connectivity index (χ2v) is 7.48. The van der Waals surface area contributed by atoms with E-state index in [1.165, 1.54) is 0 Å². The molecule has 0 fully saturated rings. The lowest BCUT2D eigenvalue weighted by Gasteiger charge is -2.14. The normalized spacial score (nSPS) is 9.12. The Bertz CT molecular complexity index is 1030. The summed E-state index contributed by atoms with van der Waals surface area (Å²) in [5, 5.41) is 24.8. The molecule has 0 amide bonds. The van der Waals surface area contributed by atoms with Crippen LogP contribution in [0.3, 0.4) is 0 Å². The van der Waals surface area contributed by atoms with Gasteiger partial charge in [0.05, 0.1) is 0 Å². The number of rotatable bonds is 1. The molecule has 0 heterocycles. The second-order valence-electron chi connectivity index (χ2n) is 5.65. The second kappa shape index (κ2) is 15.5. The van der Waals surface area contributed by atoms with Crippen molar-refractivity contribution in [2.45, 2.75) is 41.5 Å². The minimum atomic E-state index is 0.149. The predicted molar refractivity (Wildman–Crippen MR) is 151 cm³/mol. The maximum absolute atomic E-state index is 10.5. The van der Waals surface area contributed by atoms with Gasteiger partial charge in [-0.1, -0.05) is 97.7 Å². The summed E-state index contributed by atoms with van der Waals surface area (Å²) >= 11 is 6.95. The van der Waals surface area contributed by atoms with Crippen molar-refractivity contribution in [3.8, 4) is 22.6 Å². The zero-order valence-corrected chi connectivity index (χ0v) is 23.0. The number of aromatic hydroxyl groups is 2. The monoisotopic (exact) mass is 560 g/mol. The fourth-order valence-corrected chi connectivity index (χ4v) is 3.86. The molecule has 2 nitrogen and oxygen atoms in total. The maximum atomic E-state index is 10.5. The van der Waals surface area contributed by atoms with E-state index in [0.29, 0.717) is 11.1 Å². The molecule has 0 saturated heterocycles. The van der Waals surface area contributed by atoms with Gasteiger partial charge in [-0.15, -0.1) is 13.2 Å². The zero-order chi connectivity index (χ0) is 24.8. The predicted octanol–water partition coefficient (Wildman–Crippen LogP) is 10.5. The van der Waals surface area contributed by atoms with E-state index >= 15 is 0 Å². The van der Waals surface area contributed by atoms with Crippen LogP contribution in [-0.2, 0) is 0 Å². The lowest BCUT2D eigenvalue weighted by molar-refractivity contribution is 0.470. The summed E-state index contributed by atoms with van der Waals surface area (Å²) in [5.74, 6) is 0.297. The lowest BCUT2D eigenvalue weighted by atomic mass is 9.92. The van der Waals surface area contributed by atoms with Gasteiger partial charge in [0.2, 0.25) is 0 Å². The third-order valence-electron chi connectivity index (χ3n) is 4.17. The Labute approximate surface area is 209 Å². The van der Waals surface area contributed by atoms with Gasteiger partial charge in [0.1, 0.15) is 11.5 Å². The summed E-state index contributed by atoms with van der Waals surface area (Å²) < 4.78 is 1.94. The van der Waals surface area contributed by atoms with E-state index in [4.69, 9.17) is 0 Å². The highest BCUT2D eigenvalue weighted by atomic mass is 79.9. The molecule has 0 radical (unpaired) electrons. The first-order valence-corrected chi connectivity index (χ1v) is 12.5. The van der Waals surface area contributed by atoms with Crippen LogP contribution in [-0.4, -0.2) is 10.2 Å². The first-order chi connectivity index (χ1) is 15.5. The molecule has 0 aliphatic carbocycles. The van der Waals surface area contributed by atoms with E-state index in [1.54, 1.807) is 12.1 Å². The highest BCUT2D eigenvalue weighted by Gasteiger charge is 2.16. The summed E-state index contributed by atoms with van der Waals surface area (Å²) in [7, 11) is 0. The molecule has 0 unspecified atom stereocenters. The molecule has 0 aliphatic heterocycles. The lowest BCUT2D eigenvalue weighted by Crippen LogP contribution is -1.87. The van der Waals surface area contributed by atoms with Crippen LogP contribution in [0.1, 0.15) is 41.5 Å². The van der Waals surface area contributed by atoms with Crippen LogP contribution in [0.25, 0.3) is 32.7 Å². The van der Waals surface area contributed by atoms with Crippen molar-refractivity contribution in [2.24, 2.45) is 0 Å². The number of fused-ring (bicyclic) bond motifs is 2. The van der Waals surface area contributed by atoms with E-state index in [2.05, 4.69) is 45.0 Å². The molecular weight excluding hydrogens is 528 g/mol. The Morgan fingerprint density at radius 2 is 0.844 bits per heavy atom. The van der Waals surface area contributed by atoms with Gasteiger partial charge < -0.3 is 10.2 Å². The van der Waals surface area contributed by atoms with E-state index in [1.807, 2.05) is 90.1 Å². The van der Waals surface area contributed by atoms with Crippen LogP contribution in [0.2, 0.25) is 0 Å². The Morgan fingerprint density at radius 1 is 0.531 bits per heavy atom. The van der Waals surface area contributed by atoms with Crippen LogP contribution in [0.5, 0.6) is 11.5 Å². The van der Waals surface area contributed by atoms with Gasteiger partial charge in [-0.3, -0.25) is 0 Å². The van der Waals surface area contributed by atoms with Crippen molar-refractivity contribution in [3.05, 3.63) is 82.8 Å². The zero-order valence-electron chi connectivity index (χ0n) is 19.8. The molecule has 172 valence electrons. The molecule has 4 rings (SSSR count). The Morgan fingerprint density at radius 3 is 1.16 bits per heavy atom. The van der Waals surface area contributed by atoms with Gasteiger partial charge >= 0.3 is 0 Å². The van der Waals surface area contributed by atoms with Crippen LogP contribution in [0, 0.1) is 0 Å². The Balaban J connectivity index is 0.00000109. The molecule has 32 heavy (non-hydrogen) atoms. The van der Waals surface area contributed by atoms with Gasteiger partial charge in [0.15, 0.2) is 0 Å². The smallest absolute Gasteiger partial charge is 0.124 e. The largest absolute Gasteiger partial charge is 0.507 e. The third kappa shape index (κ3) is 6.85. The van der Waals surface area contributed by atoms with E-state index in [9.17, 15) is 10.2 Å². The summed E-state index contributed by atoms with van der Waals surface area (Å²) in [6.07, 6.45) is 0. The molecular formula is C28H34Br2O2. The summed E-state index contributed by atoms with van der Waals surface area (Å²) in [5.41, 5.74) is 1.29. The average Bonchev–Trinajstić information content (AvgIpc) is 2.85. The van der Waals surface area contributed by atoms with Crippen LogP contribution >= 0.6 is 31.9 Å². The van der Waals surface area contributed by atoms with Gasteiger partial charge in [0, 0.05) is 20.1 Å². The quantitative estimate of drug-likeness (QED) is 0.227. The van der Waals surface area contributed by atoms with Crippen molar-refractivity contribution in [1.29, 1.82) is 0 Å². The maximum Gasteiger partial charge on any atom is 0.124 e. The van der Waals surface area contributed by atoms with Gasteiger partial charge in [-0.25, -0.2) is 0 Å². The molecule has 0 aromatic heterocycles. The van der Waals surface area contributed by atoms with Crippen LogP contribution in [0.15, 0.2) is 82.8 Å². The standard InChI is InChI=1S/C20H12Br2O2.3C2H6.C2H4/c21-13-3-5-15-11(9-13)1-7-17(23)19(15)20-16-6-4-14(22)10-12(16)2-8-18(20)24;4*1-2/h1-10,23-24H;3*1-2H3;1-2H2. The number of hydrogen-bond acceptors (Lipinski definition) is 2. The van der Waals surface area contributed by atoms with E-state index in [-0.39, 0.29) is 11.5 Å². The topological polar surface area (TPSA) is 40.5 Å². The molecule has 0 atom stereocenters. The average molecular weight is 562 g/mol. The third-order valence-corrected chi connectivity index (χ3v) is 5.16. The number of hydrogen-bond donors (Lipinski definition) is 2. The highest BCUT2D eigenvalue weighted by Crippen LogP contribution is 2.45. The fraction of sp³-hybridized carbons (Fsp3) is 0.214. The van der Waals surface area contributed by atoms with Crippen LogP contribution in [0.4, 0.5) is 0 Å². The van der Waals surface area contributed by atoms with Gasteiger partial charge in [0.25, 0.3) is 0 Å². The minimum Gasteiger partial charge on any atom is -0.507 e. The van der Waals surface area contributed by atoms with E-state index in [0.717, 1.165) is 30.5 Å². The highest BCUT2D eigenvalue weighted by molar-refractivity contribution is 9.10. The number of benzene rings is 4. The number of phenolic OH excluding ortho intramolecular Hbond substituents is 2. The molecule has 4 aromatic rings. The van der Waals surface area contributed by atoms with Crippen molar-refractivity contribution in [2.75, 3.05) is 0 Å². The molecule has 0 saturated carbocycles. The molecule has 2 N–H and O–H groups in total. The molecule has 0 aliphatic rings. The Kier molecular flexibility index (Phi) is 14.4. The van der Waals surface area contributed by atoms with Crippen LogP contribution < -0.4 is 0 Å². The van der Waals surface area contributed by atoms with Crippen molar-refractivity contribution >= 4 is 53.4 Å². The van der Waals surface area contributed by atoms with Crippen molar-refractivity contribution < 1.29 is 10.2 Å². The molecule has 0 spiro atoms. The first kappa shape index (κ1) is 29.7. The molecule has 0 bridgehead atoms. The van der Waals surface area contributed by atoms with Gasteiger partial charge in [-0.2, -0.15) is 0 Å². The first-order valence-electron chi connectivity index (χ1n) is 10.9. The molecule has 4 heteroatoms. The summed E-state index contributed by atoms with van der Waals surface area (Å²) in [6.45, 7) is 18.0. The Hall–Kier alpha value is -2.30. The summed E-state index contributed by atoms with van der Waals surface area (Å²) in [6, 6.07) is 18.8. The van der Waals surface area contributed by atoms with E-state index < -0.39 is 0 Å². The van der Waals surface area contributed by atoms with Crippen molar-refractivity contribution in [1.82, 2.24) is 0 Å². The number of halogens is 2. The molecule has 4 aromatic carbocycles. The van der Waals surface area contributed by atoms with Crippen molar-refractivity contribution in [3.63, 3.8) is 0 Å². The SMILES string of the molecule is C=C.CC.CC.CC.Oc1ccc2cc(Br)ccc2c1-c1c(O)ccc2cc(Br)ccc12. The number of phenols is 2. The summed E-state index contributed by atoms with van der Waals surface area (Å²) in [4.78, 5) is 0. The minimum absolute atomic E-state index is 0.149. The fourth-order valence-electron chi connectivity index (χ4n) is 3.10. The van der Waals surface area contributed by atoms with Gasteiger partial charge in [-0.05, 0) is 57.9 Å².